The lowest BCUT2D eigenvalue weighted by Gasteiger charge is -2.22. The first-order chi connectivity index (χ1) is 22.3. The van der Waals surface area contributed by atoms with Crippen LogP contribution in [0.15, 0.2) is 101 Å². The molecule has 9 heteroatoms. The lowest BCUT2D eigenvalue weighted by atomic mass is 9.84. The summed E-state index contributed by atoms with van der Waals surface area (Å²) in [5.41, 5.74) is 5.38. The molecule has 0 aliphatic rings. The second kappa shape index (κ2) is 13.9. The minimum atomic E-state index is -4.14. The van der Waals surface area contributed by atoms with Crippen LogP contribution in [0.5, 0.6) is 5.75 Å². The van der Waals surface area contributed by atoms with Gasteiger partial charge in [0.05, 0.1) is 18.8 Å². The van der Waals surface area contributed by atoms with Crippen molar-refractivity contribution in [2.45, 2.75) is 51.4 Å². The first-order valence-electron chi connectivity index (χ1n) is 15.5. The Morgan fingerprint density at radius 3 is 2.26 bits per heavy atom. The number of ketones is 1. The van der Waals surface area contributed by atoms with Gasteiger partial charge in [-0.2, -0.15) is 8.42 Å². The van der Waals surface area contributed by atoms with Gasteiger partial charge in [0.25, 0.3) is 10.1 Å². The van der Waals surface area contributed by atoms with Gasteiger partial charge >= 0.3 is 0 Å². The molecule has 4 aromatic carbocycles. The zero-order valence-corrected chi connectivity index (χ0v) is 27.8. The lowest BCUT2D eigenvalue weighted by molar-refractivity contribution is -0.117. The van der Waals surface area contributed by atoms with Crippen LogP contribution in [0.25, 0.3) is 22.3 Å². The average molecular weight is 654 g/mol. The number of furan rings is 1. The molecule has 0 saturated heterocycles. The zero-order valence-electron chi connectivity index (χ0n) is 26.9. The number of benzene rings is 4. The van der Waals surface area contributed by atoms with Crippen LogP contribution in [0.4, 0.5) is 5.69 Å². The number of fused-ring (bicyclic) bond motifs is 1. The van der Waals surface area contributed by atoms with Gasteiger partial charge in [-0.15, -0.1) is 0 Å². The number of methoxy groups -OCH3 is 1. The SMILES string of the molecule is COc1cc(C(=O)CCCS(=O)(=O)O)ccc1CC(C(=O)Nc1ccc(-c2cc3ccccc3o2)cc1)c1ccc(C(C)(C)C)cc1. The van der Waals surface area contributed by atoms with E-state index in [4.69, 9.17) is 13.7 Å². The first kappa shape index (κ1) is 33.6. The molecule has 47 heavy (non-hydrogen) atoms. The monoisotopic (exact) mass is 653 g/mol. The highest BCUT2D eigenvalue weighted by Crippen LogP contribution is 2.32. The van der Waals surface area contributed by atoms with Crippen LogP contribution in [0.2, 0.25) is 0 Å². The zero-order chi connectivity index (χ0) is 33.8. The van der Waals surface area contributed by atoms with Crippen molar-refractivity contribution in [1.29, 1.82) is 0 Å². The van der Waals surface area contributed by atoms with Crippen molar-refractivity contribution in [3.05, 3.63) is 119 Å². The summed E-state index contributed by atoms with van der Waals surface area (Å²) < 4.78 is 42.7. The standard InChI is InChI=1S/C38H39NO7S/c1-38(2,3)30-17-13-25(14-18-30)32(22-29-12-11-27(23-35(29)45-4)33(40)9-7-21-47(42,43)44)37(41)39-31-19-15-26(16-20-31)36-24-28-8-5-6-10-34(28)46-36/h5-6,8,10-20,23-24,32H,7,9,21-22H2,1-4H3,(H,39,41)(H,42,43,44). The van der Waals surface area contributed by atoms with Crippen LogP contribution in [-0.2, 0) is 26.7 Å². The van der Waals surface area contributed by atoms with Gasteiger partial charge in [-0.3, -0.25) is 14.1 Å². The van der Waals surface area contributed by atoms with Crippen molar-refractivity contribution < 1.29 is 31.7 Å². The van der Waals surface area contributed by atoms with Crippen LogP contribution in [-0.4, -0.2) is 37.5 Å². The van der Waals surface area contributed by atoms with Crippen LogP contribution >= 0.6 is 0 Å². The number of hydrogen-bond donors (Lipinski definition) is 2. The molecule has 0 saturated carbocycles. The van der Waals surface area contributed by atoms with E-state index in [2.05, 4.69) is 26.1 Å². The number of ether oxygens (including phenoxy) is 1. The maximum Gasteiger partial charge on any atom is 0.264 e. The number of hydrogen-bond acceptors (Lipinski definition) is 6. The topological polar surface area (TPSA) is 123 Å². The molecule has 1 atom stereocenters. The Balaban J connectivity index is 1.38. The van der Waals surface area contributed by atoms with E-state index in [1.807, 2.05) is 78.9 Å². The Hall–Kier alpha value is -4.73. The number of rotatable bonds is 12. The van der Waals surface area contributed by atoms with E-state index in [0.29, 0.717) is 23.4 Å². The third-order valence-corrected chi connectivity index (χ3v) is 9.00. The van der Waals surface area contributed by atoms with E-state index in [1.54, 1.807) is 18.2 Å². The predicted octanol–water partition coefficient (Wildman–Crippen LogP) is 8.22. The third kappa shape index (κ3) is 8.55. The molecule has 0 aliphatic heterocycles. The highest BCUT2D eigenvalue weighted by molar-refractivity contribution is 7.85. The van der Waals surface area contributed by atoms with Crippen molar-refractivity contribution in [3.8, 4) is 17.1 Å². The number of carbonyl (C=O) groups is 2. The minimum Gasteiger partial charge on any atom is -0.496 e. The molecule has 8 nitrogen and oxygen atoms in total. The number of nitrogens with one attached hydrogen (secondary N) is 1. The second-order valence-electron chi connectivity index (χ2n) is 12.7. The summed E-state index contributed by atoms with van der Waals surface area (Å²) in [5, 5.41) is 4.10. The Morgan fingerprint density at radius 1 is 0.915 bits per heavy atom. The molecule has 0 bridgehead atoms. The summed E-state index contributed by atoms with van der Waals surface area (Å²) in [4.78, 5) is 26.7. The van der Waals surface area contributed by atoms with Crippen LogP contribution in [0, 0.1) is 0 Å². The molecule has 1 amide bonds. The molecule has 0 spiro atoms. The largest absolute Gasteiger partial charge is 0.496 e. The van der Waals surface area contributed by atoms with Gasteiger partial charge in [0.1, 0.15) is 17.1 Å². The summed E-state index contributed by atoms with van der Waals surface area (Å²) in [7, 11) is -2.64. The Bertz CT molecular complexity index is 1950. The summed E-state index contributed by atoms with van der Waals surface area (Å²) in [6.07, 6.45) is 0.272. The van der Waals surface area contributed by atoms with Crippen molar-refractivity contribution in [3.63, 3.8) is 0 Å². The second-order valence-corrected chi connectivity index (χ2v) is 14.3. The molecule has 1 unspecified atom stereocenters. The highest BCUT2D eigenvalue weighted by atomic mass is 32.2. The lowest BCUT2D eigenvalue weighted by Crippen LogP contribution is -2.23. The molecule has 1 heterocycles. The van der Waals surface area contributed by atoms with Gasteiger partial charge in [-0.05, 0) is 77.4 Å². The van der Waals surface area contributed by atoms with Crippen LogP contribution in [0.3, 0.4) is 0 Å². The maximum atomic E-state index is 14.0. The Morgan fingerprint density at radius 2 is 1.62 bits per heavy atom. The average Bonchev–Trinajstić information content (AvgIpc) is 3.47. The fourth-order valence-corrected chi connectivity index (χ4v) is 6.02. The normalized spacial score (nSPS) is 12.5. The minimum absolute atomic E-state index is 0.00773. The van der Waals surface area contributed by atoms with E-state index in [1.165, 1.54) is 7.11 Å². The predicted molar refractivity (Wildman–Crippen MR) is 185 cm³/mol. The van der Waals surface area contributed by atoms with Crippen molar-refractivity contribution in [2.75, 3.05) is 18.2 Å². The molecule has 5 aromatic rings. The molecule has 0 fully saturated rings. The fraction of sp³-hybridized carbons (Fsp3) is 0.263. The van der Waals surface area contributed by atoms with E-state index in [0.717, 1.165) is 39.0 Å². The number of anilines is 1. The number of Topliss-reactive ketones (excluding diaryl/α,β-unsaturated/α-hetero) is 1. The number of amides is 1. The van der Waals surface area contributed by atoms with Gasteiger partial charge in [0, 0.05) is 28.6 Å². The van der Waals surface area contributed by atoms with E-state index in [9.17, 15) is 18.0 Å². The first-order valence-corrected chi connectivity index (χ1v) is 17.1. The third-order valence-electron chi connectivity index (χ3n) is 8.20. The summed E-state index contributed by atoms with van der Waals surface area (Å²) in [6.45, 7) is 6.41. The molecule has 5 rings (SSSR count). The quantitative estimate of drug-likeness (QED) is 0.103. The number of carbonyl (C=O) groups excluding carboxylic acids is 2. The summed E-state index contributed by atoms with van der Waals surface area (Å²) in [6, 6.07) is 30.4. The summed E-state index contributed by atoms with van der Waals surface area (Å²) >= 11 is 0. The van der Waals surface area contributed by atoms with Crippen molar-refractivity contribution in [2.24, 2.45) is 0 Å². The van der Waals surface area contributed by atoms with E-state index in [-0.39, 0.29) is 29.9 Å². The van der Waals surface area contributed by atoms with Gasteiger partial charge in [-0.25, -0.2) is 0 Å². The van der Waals surface area contributed by atoms with E-state index >= 15 is 0 Å². The molecular weight excluding hydrogens is 614 g/mol. The smallest absolute Gasteiger partial charge is 0.264 e. The van der Waals surface area contributed by atoms with Crippen LogP contribution in [0.1, 0.15) is 66.6 Å². The van der Waals surface area contributed by atoms with Crippen molar-refractivity contribution in [1.82, 2.24) is 0 Å². The number of para-hydroxylation sites is 1. The van der Waals surface area contributed by atoms with Gasteiger partial charge in [-0.1, -0.05) is 75.4 Å². The maximum absolute atomic E-state index is 14.0. The Kier molecular flexibility index (Phi) is 9.98. The molecule has 0 radical (unpaired) electrons. The Labute approximate surface area is 275 Å². The van der Waals surface area contributed by atoms with Gasteiger partial charge in [0.2, 0.25) is 5.91 Å². The molecule has 0 aliphatic carbocycles. The van der Waals surface area contributed by atoms with Gasteiger partial charge < -0.3 is 14.5 Å². The highest BCUT2D eigenvalue weighted by Gasteiger charge is 2.25. The fourth-order valence-electron chi connectivity index (χ4n) is 5.51. The summed E-state index contributed by atoms with van der Waals surface area (Å²) in [5.74, 6) is -0.335. The van der Waals surface area contributed by atoms with Crippen LogP contribution < -0.4 is 10.1 Å². The van der Waals surface area contributed by atoms with Crippen molar-refractivity contribution >= 4 is 38.5 Å². The molecule has 1 aromatic heterocycles. The molecule has 244 valence electrons. The van der Waals surface area contributed by atoms with E-state index < -0.39 is 21.8 Å². The van der Waals surface area contributed by atoms with Gasteiger partial charge in [0.15, 0.2) is 5.78 Å². The molecule has 2 N–H and O–H groups in total. The molecular formula is C38H39NO7S.